The number of hydrogen-bond acceptors (Lipinski definition) is 2. The van der Waals surface area contributed by atoms with Crippen molar-refractivity contribution in [3.63, 3.8) is 0 Å². The molecule has 0 aromatic heterocycles. The lowest BCUT2D eigenvalue weighted by Crippen LogP contribution is -2.42. The lowest BCUT2D eigenvalue weighted by molar-refractivity contribution is 0.165. The zero-order valence-electron chi connectivity index (χ0n) is 10.6. The summed E-state index contributed by atoms with van der Waals surface area (Å²) in [6.07, 6.45) is 2.46. The molecule has 1 unspecified atom stereocenters. The van der Waals surface area contributed by atoms with Crippen molar-refractivity contribution >= 4 is 0 Å². The molecular formula is C14H21FN2. The Labute approximate surface area is 103 Å². The van der Waals surface area contributed by atoms with Gasteiger partial charge < -0.3 is 5.73 Å². The highest BCUT2D eigenvalue weighted by atomic mass is 19.1. The summed E-state index contributed by atoms with van der Waals surface area (Å²) in [6.45, 7) is 6.48. The first-order valence-corrected chi connectivity index (χ1v) is 6.25. The molecule has 0 bridgehead atoms. The Hall–Kier alpha value is -0.930. The van der Waals surface area contributed by atoms with Crippen molar-refractivity contribution in [2.24, 2.45) is 5.73 Å². The standard InChI is InChI=1S/C14H21FN2/c1-14(2)8-3-9-17(14)10-13(16)11-4-6-12(15)7-5-11/h4-7,13H,3,8-10,16H2,1-2H3. The molecule has 0 saturated carbocycles. The van der Waals surface area contributed by atoms with Crippen molar-refractivity contribution in [3.8, 4) is 0 Å². The topological polar surface area (TPSA) is 29.3 Å². The molecule has 2 N–H and O–H groups in total. The van der Waals surface area contributed by atoms with E-state index in [1.165, 1.54) is 25.0 Å². The number of hydrogen-bond donors (Lipinski definition) is 1. The van der Waals surface area contributed by atoms with E-state index in [0.717, 1.165) is 18.7 Å². The van der Waals surface area contributed by atoms with Crippen molar-refractivity contribution < 1.29 is 4.39 Å². The van der Waals surface area contributed by atoms with Crippen LogP contribution in [0, 0.1) is 5.82 Å². The number of benzene rings is 1. The summed E-state index contributed by atoms with van der Waals surface area (Å²) in [7, 11) is 0. The van der Waals surface area contributed by atoms with Gasteiger partial charge in [-0.3, -0.25) is 4.90 Å². The van der Waals surface area contributed by atoms with Gasteiger partial charge in [-0.2, -0.15) is 0 Å². The minimum atomic E-state index is -0.206. The highest BCUT2D eigenvalue weighted by Gasteiger charge is 2.32. The first-order chi connectivity index (χ1) is 7.99. The highest BCUT2D eigenvalue weighted by molar-refractivity contribution is 5.20. The van der Waals surface area contributed by atoms with Crippen LogP contribution in [-0.2, 0) is 0 Å². The van der Waals surface area contributed by atoms with Gasteiger partial charge in [0.1, 0.15) is 5.82 Å². The summed E-state index contributed by atoms with van der Waals surface area (Å²) in [5, 5.41) is 0. The summed E-state index contributed by atoms with van der Waals surface area (Å²) in [5.41, 5.74) is 7.44. The van der Waals surface area contributed by atoms with Crippen molar-refractivity contribution in [2.75, 3.05) is 13.1 Å². The van der Waals surface area contributed by atoms with Crippen LogP contribution in [0.4, 0.5) is 4.39 Å². The van der Waals surface area contributed by atoms with Crippen LogP contribution in [0.15, 0.2) is 24.3 Å². The maximum absolute atomic E-state index is 12.8. The Bertz CT molecular complexity index is 372. The van der Waals surface area contributed by atoms with Gasteiger partial charge in [-0.15, -0.1) is 0 Å². The maximum Gasteiger partial charge on any atom is 0.123 e. The lowest BCUT2D eigenvalue weighted by atomic mass is 10.0. The van der Waals surface area contributed by atoms with Gasteiger partial charge in [0.25, 0.3) is 0 Å². The monoisotopic (exact) mass is 236 g/mol. The molecule has 1 fully saturated rings. The smallest absolute Gasteiger partial charge is 0.123 e. The van der Waals surface area contributed by atoms with Gasteiger partial charge in [0, 0.05) is 18.1 Å². The summed E-state index contributed by atoms with van der Waals surface area (Å²) >= 11 is 0. The van der Waals surface area contributed by atoms with Gasteiger partial charge in [0.05, 0.1) is 0 Å². The molecule has 94 valence electrons. The SMILES string of the molecule is CC1(C)CCCN1CC(N)c1ccc(F)cc1. The number of likely N-dealkylation sites (tertiary alicyclic amines) is 1. The van der Waals surface area contributed by atoms with Gasteiger partial charge >= 0.3 is 0 Å². The van der Waals surface area contributed by atoms with Crippen LogP contribution in [-0.4, -0.2) is 23.5 Å². The normalized spacial score (nSPS) is 21.6. The third-order valence-electron chi connectivity index (χ3n) is 3.79. The molecule has 2 rings (SSSR count). The zero-order chi connectivity index (χ0) is 12.5. The van der Waals surface area contributed by atoms with Gasteiger partial charge in [-0.05, 0) is 50.9 Å². The van der Waals surface area contributed by atoms with E-state index in [-0.39, 0.29) is 17.4 Å². The van der Waals surface area contributed by atoms with E-state index >= 15 is 0 Å². The minimum Gasteiger partial charge on any atom is -0.323 e. The molecule has 0 spiro atoms. The molecule has 1 atom stereocenters. The largest absolute Gasteiger partial charge is 0.323 e. The van der Waals surface area contributed by atoms with Gasteiger partial charge in [0.15, 0.2) is 0 Å². The Balaban J connectivity index is 2.01. The molecule has 1 aromatic carbocycles. The van der Waals surface area contributed by atoms with E-state index in [9.17, 15) is 4.39 Å². The van der Waals surface area contributed by atoms with Gasteiger partial charge in [-0.1, -0.05) is 12.1 Å². The van der Waals surface area contributed by atoms with Crippen LogP contribution in [0.25, 0.3) is 0 Å². The summed E-state index contributed by atoms with van der Waals surface area (Å²) in [5.74, 6) is -0.206. The Kier molecular flexibility index (Phi) is 3.50. The molecule has 1 saturated heterocycles. The predicted molar refractivity (Wildman–Crippen MR) is 68.2 cm³/mol. The molecule has 17 heavy (non-hydrogen) atoms. The van der Waals surface area contributed by atoms with Crippen LogP contribution in [0.5, 0.6) is 0 Å². The Morgan fingerprint density at radius 1 is 1.35 bits per heavy atom. The average Bonchev–Trinajstić information content (AvgIpc) is 2.59. The third kappa shape index (κ3) is 2.85. The molecular weight excluding hydrogens is 215 g/mol. The molecule has 3 heteroatoms. The fourth-order valence-corrected chi connectivity index (χ4v) is 2.55. The fourth-order valence-electron chi connectivity index (χ4n) is 2.55. The first kappa shape index (κ1) is 12.5. The van der Waals surface area contributed by atoms with Crippen LogP contribution >= 0.6 is 0 Å². The Morgan fingerprint density at radius 3 is 2.53 bits per heavy atom. The van der Waals surface area contributed by atoms with Crippen molar-refractivity contribution in [1.29, 1.82) is 0 Å². The second kappa shape index (κ2) is 4.75. The number of nitrogens with zero attached hydrogens (tertiary/aromatic N) is 1. The van der Waals surface area contributed by atoms with Crippen LogP contribution < -0.4 is 5.73 Å². The van der Waals surface area contributed by atoms with E-state index in [1.54, 1.807) is 12.1 Å². The van der Waals surface area contributed by atoms with E-state index in [0.29, 0.717) is 0 Å². The molecule has 1 aliphatic rings. The van der Waals surface area contributed by atoms with Crippen LogP contribution in [0.1, 0.15) is 38.3 Å². The molecule has 0 radical (unpaired) electrons. The predicted octanol–water partition coefficient (Wildman–Crippen LogP) is 2.70. The number of halogens is 1. The van der Waals surface area contributed by atoms with E-state index in [1.807, 2.05) is 0 Å². The summed E-state index contributed by atoms with van der Waals surface area (Å²) in [4.78, 5) is 2.43. The van der Waals surface area contributed by atoms with Gasteiger partial charge in [0.2, 0.25) is 0 Å². The Morgan fingerprint density at radius 2 is 2.00 bits per heavy atom. The number of rotatable bonds is 3. The number of nitrogens with two attached hydrogens (primary N) is 1. The molecule has 2 nitrogen and oxygen atoms in total. The third-order valence-corrected chi connectivity index (χ3v) is 3.79. The average molecular weight is 236 g/mol. The first-order valence-electron chi connectivity index (χ1n) is 6.25. The fraction of sp³-hybridized carbons (Fsp3) is 0.571. The molecule has 1 aliphatic heterocycles. The highest BCUT2D eigenvalue weighted by Crippen LogP contribution is 2.29. The van der Waals surface area contributed by atoms with Gasteiger partial charge in [-0.25, -0.2) is 4.39 Å². The van der Waals surface area contributed by atoms with Crippen molar-refractivity contribution in [1.82, 2.24) is 4.90 Å². The lowest BCUT2D eigenvalue weighted by Gasteiger charge is -2.33. The molecule has 1 heterocycles. The molecule has 0 amide bonds. The van der Waals surface area contributed by atoms with E-state index < -0.39 is 0 Å². The summed E-state index contributed by atoms with van der Waals surface area (Å²) < 4.78 is 12.8. The quantitative estimate of drug-likeness (QED) is 0.874. The van der Waals surface area contributed by atoms with Crippen LogP contribution in [0.3, 0.4) is 0 Å². The molecule has 0 aliphatic carbocycles. The van der Waals surface area contributed by atoms with E-state index in [2.05, 4.69) is 18.7 Å². The molecule has 1 aromatic rings. The second-order valence-corrected chi connectivity index (χ2v) is 5.52. The minimum absolute atomic E-state index is 0.0343. The maximum atomic E-state index is 12.8. The van der Waals surface area contributed by atoms with E-state index in [4.69, 9.17) is 5.73 Å². The van der Waals surface area contributed by atoms with Crippen molar-refractivity contribution in [3.05, 3.63) is 35.6 Å². The van der Waals surface area contributed by atoms with Crippen molar-refractivity contribution in [2.45, 2.75) is 38.3 Å². The second-order valence-electron chi connectivity index (χ2n) is 5.52. The van der Waals surface area contributed by atoms with Crippen LogP contribution in [0.2, 0.25) is 0 Å². The summed E-state index contributed by atoms with van der Waals surface area (Å²) in [6, 6.07) is 6.48. The zero-order valence-corrected chi connectivity index (χ0v) is 10.6.